The number of nitrogens with two attached hydrogens (primary N) is 1. The van der Waals surface area contributed by atoms with Crippen LogP contribution in [0.15, 0.2) is 21.5 Å². The van der Waals surface area contributed by atoms with Crippen molar-refractivity contribution in [3.8, 4) is 0 Å². The maximum Gasteiger partial charge on any atom is 0.240 e. The number of nitrogen functional groups attached to an aromatic ring is 1. The van der Waals surface area contributed by atoms with Crippen molar-refractivity contribution in [1.29, 1.82) is 0 Å². The molecule has 1 aliphatic heterocycles. The highest BCUT2D eigenvalue weighted by molar-refractivity contribution is 9.10. The standard InChI is InChI=1S/C12H17BrN2O3S/c1-8-5-10(13)11(14)6-12(8)19(16,17)15-7-9-3-2-4-18-9/h5-6,9,15H,2-4,7,14H2,1H3. The molecular formula is C12H17BrN2O3S. The van der Waals surface area contributed by atoms with Gasteiger partial charge in [0.25, 0.3) is 0 Å². The Bertz CT molecular complexity index is 569. The van der Waals surface area contributed by atoms with Crippen molar-refractivity contribution in [2.45, 2.75) is 30.8 Å². The van der Waals surface area contributed by atoms with Gasteiger partial charge in [-0.1, -0.05) is 0 Å². The molecule has 5 nitrogen and oxygen atoms in total. The third-order valence-electron chi connectivity index (χ3n) is 3.11. The molecule has 0 aliphatic carbocycles. The molecule has 106 valence electrons. The summed E-state index contributed by atoms with van der Waals surface area (Å²) in [5.74, 6) is 0. The molecule has 1 fully saturated rings. The molecule has 1 heterocycles. The minimum atomic E-state index is -3.55. The molecule has 3 N–H and O–H groups in total. The summed E-state index contributed by atoms with van der Waals surface area (Å²) in [5, 5.41) is 0. The molecule has 1 atom stereocenters. The Labute approximate surface area is 121 Å². The predicted octanol–water partition coefficient (Wildman–Crippen LogP) is 1.80. The fourth-order valence-corrected chi connectivity index (χ4v) is 3.83. The van der Waals surface area contributed by atoms with E-state index in [1.807, 2.05) is 0 Å². The van der Waals surface area contributed by atoms with Gasteiger partial charge in [-0.05, 0) is 53.4 Å². The normalized spacial score (nSPS) is 19.8. The molecule has 1 aliphatic rings. The number of halogens is 1. The van der Waals surface area contributed by atoms with Gasteiger partial charge in [0.15, 0.2) is 0 Å². The van der Waals surface area contributed by atoms with E-state index in [0.29, 0.717) is 28.9 Å². The second kappa shape index (κ2) is 5.78. The van der Waals surface area contributed by atoms with Crippen LogP contribution < -0.4 is 10.5 Å². The van der Waals surface area contributed by atoms with Gasteiger partial charge in [0.1, 0.15) is 0 Å². The van der Waals surface area contributed by atoms with Gasteiger partial charge in [-0.25, -0.2) is 13.1 Å². The van der Waals surface area contributed by atoms with Crippen LogP contribution in [0.5, 0.6) is 0 Å². The van der Waals surface area contributed by atoms with Crippen molar-refractivity contribution in [2.24, 2.45) is 0 Å². The first kappa shape index (κ1) is 14.8. The van der Waals surface area contributed by atoms with E-state index in [1.54, 1.807) is 13.0 Å². The summed E-state index contributed by atoms with van der Waals surface area (Å²) in [4.78, 5) is 0.214. The van der Waals surface area contributed by atoms with Crippen LogP contribution in [-0.4, -0.2) is 27.7 Å². The number of aryl methyl sites for hydroxylation is 1. The van der Waals surface area contributed by atoms with E-state index in [2.05, 4.69) is 20.7 Å². The average molecular weight is 349 g/mol. The van der Waals surface area contributed by atoms with Crippen molar-refractivity contribution >= 4 is 31.6 Å². The Morgan fingerprint density at radius 1 is 1.53 bits per heavy atom. The molecule has 0 aromatic heterocycles. The molecule has 0 amide bonds. The van der Waals surface area contributed by atoms with Crippen LogP contribution in [0.2, 0.25) is 0 Å². The third-order valence-corrected chi connectivity index (χ3v) is 5.36. The van der Waals surface area contributed by atoms with E-state index in [-0.39, 0.29) is 11.0 Å². The molecule has 1 saturated heterocycles. The summed E-state index contributed by atoms with van der Waals surface area (Å²) in [6.07, 6.45) is 1.85. The summed E-state index contributed by atoms with van der Waals surface area (Å²) in [6.45, 7) is 2.75. The van der Waals surface area contributed by atoms with Gasteiger partial charge < -0.3 is 10.5 Å². The topological polar surface area (TPSA) is 81.4 Å². The lowest BCUT2D eigenvalue weighted by atomic mass is 10.2. The summed E-state index contributed by atoms with van der Waals surface area (Å²) in [5.41, 5.74) is 6.80. The van der Waals surface area contributed by atoms with Crippen LogP contribution in [0.1, 0.15) is 18.4 Å². The largest absolute Gasteiger partial charge is 0.398 e. The monoisotopic (exact) mass is 348 g/mol. The fourth-order valence-electron chi connectivity index (χ4n) is 2.04. The van der Waals surface area contributed by atoms with Crippen LogP contribution in [0.4, 0.5) is 5.69 Å². The minimum Gasteiger partial charge on any atom is -0.398 e. The maximum absolute atomic E-state index is 12.2. The summed E-state index contributed by atoms with van der Waals surface area (Å²) in [7, 11) is -3.55. The first-order valence-electron chi connectivity index (χ1n) is 6.07. The molecule has 19 heavy (non-hydrogen) atoms. The van der Waals surface area contributed by atoms with Gasteiger partial charge in [0, 0.05) is 23.3 Å². The lowest BCUT2D eigenvalue weighted by molar-refractivity contribution is 0.114. The highest BCUT2D eigenvalue weighted by Gasteiger charge is 2.22. The molecule has 1 unspecified atom stereocenters. The van der Waals surface area contributed by atoms with Crippen LogP contribution in [-0.2, 0) is 14.8 Å². The number of hydrogen-bond donors (Lipinski definition) is 2. The zero-order chi connectivity index (χ0) is 14.0. The lowest BCUT2D eigenvalue weighted by Gasteiger charge is -2.13. The van der Waals surface area contributed by atoms with E-state index in [4.69, 9.17) is 10.5 Å². The van der Waals surface area contributed by atoms with E-state index in [1.165, 1.54) is 6.07 Å². The van der Waals surface area contributed by atoms with Gasteiger partial charge >= 0.3 is 0 Å². The van der Waals surface area contributed by atoms with Crippen LogP contribution in [0.3, 0.4) is 0 Å². The van der Waals surface area contributed by atoms with Crippen molar-refractivity contribution in [1.82, 2.24) is 4.72 Å². The average Bonchev–Trinajstić information content (AvgIpc) is 2.84. The maximum atomic E-state index is 12.2. The summed E-state index contributed by atoms with van der Waals surface area (Å²) in [6, 6.07) is 3.17. The highest BCUT2D eigenvalue weighted by Crippen LogP contribution is 2.26. The van der Waals surface area contributed by atoms with Gasteiger partial charge in [0.05, 0.1) is 11.0 Å². The number of benzene rings is 1. The molecule has 1 aromatic rings. The molecule has 2 rings (SSSR count). The quantitative estimate of drug-likeness (QED) is 0.812. The molecule has 0 saturated carbocycles. The third kappa shape index (κ3) is 3.47. The first-order chi connectivity index (χ1) is 8.90. The predicted molar refractivity (Wildman–Crippen MR) is 77.5 cm³/mol. The van der Waals surface area contributed by atoms with Crippen molar-refractivity contribution < 1.29 is 13.2 Å². The highest BCUT2D eigenvalue weighted by atomic mass is 79.9. The summed E-state index contributed by atoms with van der Waals surface area (Å²) >= 11 is 3.28. The molecule has 1 aromatic carbocycles. The van der Waals surface area contributed by atoms with E-state index in [0.717, 1.165) is 12.8 Å². The molecule has 0 bridgehead atoms. The van der Waals surface area contributed by atoms with Gasteiger partial charge in [-0.3, -0.25) is 0 Å². The smallest absolute Gasteiger partial charge is 0.240 e. The van der Waals surface area contributed by atoms with Crippen LogP contribution >= 0.6 is 15.9 Å². The zero-order valence-electron chi connectivity index (χ0n) is 10.6. The number of nitrogens with one attached hydrogen (secondary N) is 1. The van der Waals surface area contributed by atoms with Gasteiger partial charge in [0.2, 0.25) is 10.0 Å². The Kier molecular flexibility index (Phi) is 4.50. The first-order valence-corrected chi connectivity index (χ1v) is 8.34. The number of hydrogen-bond acceptors (Lipinski definition) is 4. The van der Waals surface area contributed by atoms with Crippen molar-refractivity contribution in [2.75, 3.05) is 18.9 Å². The Hall–Kier alpha value is -0.630. The number of anilines is 1. The molecule has 7 heteroatoms. The SMILES string of the molecule is Cc1cc(Br)c(N)cc1S(=O)(=O)NCC1CCCO1. The van der Waals surface area contributed by atoms with E-state index >= 15 is 0 Å². The Morgan fingerprint density at radius 3 is 2.89 bits per heavy atom. The summed E-state index contributed by atoms with van der Waals surface area (Å²) < 4.78 is 33.1. The van der Waals surface area contributed by atoms with Gasteiger partial charge in [-0.2, -0.15) is 0 Å². The molecular weight excluding hydrogens is 332 g/mol. The fraction of sp³-hybridized carbons (Fsp3) is 0.500. The second-order valence-corrected chi connectivity index (χ2v) is 7.22. The number of ether oxygens (including phenoxy) is 1. The van der Waals surface area contributed by atoms with E-state index in [9.17, 15) is 8.42 Å². The molecule has 0 radical (unpaired) electrons. The van der Waals surface area contributed by atoms with Crippen molar-refractivity contribution in [3.63, 3.8) is 0 Å². The van der Waals surface area contributed by atoms with Crippen molar-refractivity contribution in [3.05, 3.63) is 22.2 Å². The second-order valence-electron chi connectivity index (χ2n) is 4.63. The number of rotatable bonds is 4. The van der Waals surface area contributed by atoms with Crippen LogP contribution in [0, 0.1) is 6.92 Å². The Balaban J connectivity index is 2.16. The number of sulfonamides is 1. The van der Waals surface area contributed by atoms with Gasteiger partial charge in [-0.15, -0.1) is 0 Å². The lowest BCUT2D eigenvalue weighted by Crippen LogP contribution is -2.32. The Morgan fingerprint density at radius 2 is 2.26 bits per heavy atom. The minimum absolute atomic E-state index is 0.0251. The molecule has 0 spiro atoms. The van der Waals surface area contributed by atoms with Crippen LogP contribution in [0.25, 0.3) is 0 Å². The van der Waals surface area contributed by atoms with E-state index < -0.39 is 10.0 Å². The zero-order valence-corrected chi connectivity index (χ0v) is 13.1.